The molecule has 4 rings (SSSR count). The summed E-state index contributed by atoms with van der Waals surface area (Å²) in [6, 6.07) is 4.34. The van der Waals surface area contributed by atoms with Crippen LogP contribution in [0.4, 0.5) is 4.39 Å². The Kier molecular flexibility index (Phi) is 3.14. The van der Waals surface area contributed by atoms with Crippen LogP contribution in [0.5, 0.6) is 0 Å². The smallest absolute Gasteiger partial charge is 0.165 e. The van der Waals surface area contributed by atoms with E-state index in [1.54, 1.807) is 11.3 Å². The first kappa shape index (κ1) is 13.4. The van der Waals surface area contributed by atoms with E-state index in [0.29, 0.717) is 10.2 Å². The van der Waals surface area contributed by atoms with Crippen LogP contribution in [0.3, 0.4) is 0 Å². The van der Waals surface area contributed by atoms with Gasteiger partial charge in [-0.15, -0.1) is 11.3 Å². The molecule has 21 heavy (non-hydrogen) atoms. The molecule has 1 aliphatic rings. The maximum atomic E-state index is 14.0. The number of thiophene rings is 1. The quantitative estimate of drug-likeness (QED) is 0.563. The van der Waals surface area contributed by atoms with Gasteiger partial charge in [0, 0.05) is 9.90 Å². The van der Waals surface area contributed by atoms with Gasteiger partial charge in [0.05, 0.1) is 10.9 Å². The van der Waals surface area contributed by atoms with Crippen molar-refractivity contribution >= 4 is 44.8 Å². The molecule has 2 nitrogen and oxygen atoms in total. The molecule has 0 spiro atoms. The standard InChI is InChI=1S/C15H9Cl2FN2S/c16-7-4-5-10(18)9(6-7)14-19-13(17)12-8-2-1-3-11(8)21-15(12)20-14/h4-6H,1-3H2. The number of aromatic nitrogens is 2. The number of hydrogen-bond donors (Lipinski definition) is 0. The van der Waals surface area contributed by atoms with Crippen molar-refractivity contribution in [1.82, 2.24) is 9.97 Å². The third-order valence-electron chi connectivity index (χ3n) is 3.69. The minimum Gasteiger partial charge on any atom is -0.217 e. The first-order valence-electron chi connectivity index (χ1n) is 6.56. The lowest BCUT2D eigenvalue weighted by molar-refractivity contribution is 0.630. The van der Waals surface area contributed by atoms with Crippen LogP contribution < -0.4 is 0 Å². The van der Waals surface area contributed by atoms with Crippen LogP contribution in [-0.4, -0.2) is 9.97 Å². The molecule has 2 heterocycles. The second-order valence-corrected chi connectivity index (χ2v) is 6.88. The molecule has 0 fully saturated rings. The van der Waals surface area contributed by atoms with Crippen molar-refractivity contribution in [2.24, 2.45) is 0 Å². The summed E-state index contributed by atoms with van der Waals surface area (Å²) in [5.74, 6) is -0.119. The lowest BCUT2D eigenvalue weighted by atomic mass is 10.2. The highest BCUT2D eigenvalue weighted by Crippen LogP contribution is 2.40. The fraction of sp³-hybridized carbons (Fsp3) is 0.200. The number of rotatable bonds is 1. The molecule has 0 atom stereocenters. The van der Waals surface area contributed by atoms with Crippen LogP contribution in [-0.2, 0) is 12.8 Å². The zero-order chi connectivity index (χ0) is 14.6. The number of nitrogens with zero attached hydrogens (tertiary/aromatic N) is 2. The Labute approximate surface area is 134 Å². The molecular formula is C15H9Cl2FN2S. The second kappa shape index (κ2) is 4.90. The molecule has 1 aromatic carbocycles. The number of aryl methyl sites for hydroxylation is 2. The van der Waals surface area contributed by atoms with E-state index in [1.807, 2.05) is 0 Å². The molecule has 0 N–H and O–H groups in total. The SMILES string of the molecule is Fc1ccc(Cl)cc1-c1nc(Cl)c2c3c(sc2n1)CCC3. The van der Waals surface area contributed by atoms with Crippen molar-refractivity contribution in [2.45, 2.75) is 19.3 Å². The molecule has 6 heteroatoms. The Morgan fingerprint density at radius 3 is 2.86 bits per heavy atom. The third-order valence-corrected chi connectivity index (χ3v) is 5.38. The summed E-state index contributed by atoms with van der Waals surface area (Å²) in [4.78, 5) is 10.9. The topological polar surface area (TPSA) is 25.8 Å². The van der Waals surface area contributed by atoms with Crippen molar-refractivity contribution in [3.8, 4) is 11.4 Å². The van der Waals surface area contributed by atoms with E-state index in [-0.39, 0.29) is 11.4 Å². The van der Waals surface area contributed by atoms with Crippen LogP contribution in [0.2, 0.25) is 10.2 Å². The molecule has 106 valence electrons. The summed E-state index contributed by atoms with van der Waals surface area (Å²) in [6.45, 7) is 0. The van der Waals surface area contributed by atoms with E-state index in [1.165, 1.54) is 28.6 Å². The van der Waals surface area contributed by atoms with E-state index in [9.17, 15) is 4.39 Å². The van der Waals surface area contributed by atoms with Crippen LogP contribution in [0, 0.1) is 5.82 Å². The van der Waals surface area contributed by atoms with E-state index in [0.717, 1.165) is 29.5 Å². The molecule has 1 aliphatic carbocycles. The maximum Gasteiger partial charge on any atom is 0.165 e. The van der Waals surface area contributed by atoms with Gasteiger partial charge >= 0.3 is 0 Å². The normalized spacial score (nSPS) is 13.9. The molecular weight excluding hydrogens is 330 g/mol. The van der Waals surface area contributed by atoms with Crippen molar-refractivity contribution < 1.29 is 4.39 Å². The average Bonchev–Trinajstić information content (AvgIpc) is 3.01. The molecule has 0 amide bonds. The van der Waals surface area contributed by atoms with E-state index in [4.69, 9.17) is 23.2 Å². The summed E-state index contributed by atoms with van der Waals surface area (Å²) in [6.07, 6.45) is 3.23. The molecule has 0 radical (unpaired) electrons. The van der Waals surface area contributed by atoms with Crippen LogP contribution >= 0.6 is 34.5 Å². The monoisotopic (exact) mass is 338 g/mol. The van der Waals surface area contributed by atoms with Crippen molar-refractivity contribution in [2.75, 3.05) is 0 Å². The van der Waals surface area contributed by atoms with E-state index >= 15 is 0 Å². The number of fused-ring (bicyclic) bond motifs is 3. The van der Waals surface area contributed by atoms with Gasteiger partial charge < -0.3 is 0 Å². The fourth-order valence-electron chi connectivity index (χ4n) is 2.74. The summed E-state index contributed by atoms with van der Waals surface area (Å²) in [5.41, 5.74) is 1.54. The number of hydrogen-bond acceptors (Lipinski definition) is 3. The Balaban J connectivity index is 1.97. The second-order valence-electron chi connectivity index (χ2n) is 5.00. The first-order valence-corrected chi connectivity index (χ1v) is 8.14. The van der Waals surface area contributed by atoms with Gasteiger partial charge in [0.15, 0.2) is 5.82 Å². The average molecular weight is 339 g/mol. The van der Waals surface area contributed by atoms with Gasteiger partial charge in [-0.25, -0.2) is 14.4 Å². The number of benzene rings is 1. The van der Waals surface area contributed by atoms with Gasteiger partial charge in [-0.3, -0.25) is 0 Å². The van der Waals surface area contributed by atoms with Crippen LogP contribution in [0.1, 0.15) is 16.9 Å². The lowest BCUT2D eigenvalue weighted by Gasteiger charge is -2.04. The summed E-state index contributed by atoms with van der Waals surface area (Å²) < 4.78 is 14.0. The Bertz CT molecular complexity index is 876. The third kappa shape index (κ3) is 2.13. The van der Waals surface area contributed by atoms with E-state index in [2.05, 4.69) is 9.97 Å². The van der Waals surface area contributed by atoms with Crippen LogP contribution in [0.25, 0.3) is 21.6 Å². The van der Waals surface area contributed by atoms with Crippen LogP contribution in [0.15, 0.2) is 18.2 Å². The predicted octanol–water partition coefficient (Wildman–Crippen LogP) is 5.29. The largest absolute Gasteiger partial charge is 0.217 e. The molecule has 0 bridgehead atoms. The van der Waals surface area contributed by atoms with Gasteiger partial charge in [-0.2, -0.15) is 0 Å². The van der Waals surface area contributed by atoms with Crippen molar-refractivity contribution in [3.05, 3.63) is 44.6 Å². The number of halogens is 3. The Morgan fingerprint density at radius 2 is 2.00 bits per heavy atom. The molecule has 0 saturated heterocycles. The maximum absolute atomic E-state index is 14.0. The van der Waals surface area contributed by atoms with Gasteiger partial charge in [0.1, 0.15) is 15.8 Å². The highest BCUT2D eigenvalue weighted by molar-refractivity contribution is 7.19. The lowest BCUT2D eigenvalue weighted by Crippen LogP contribution is -1.94. The zero-order valence-electron chi connectivity index (χ0n) is 10.8. The Morgan fingerprint density at radius 1 is 1.14 bits per heavy atom. The molecule has 3 aromatic rings. The zero-order valence-corrected chi connectivity index (χ0v) is 13.1. The molecule has 0 aliphatic heterocycles. The predicted molar refractivity (Wildman–Crippen MR) is 84.9 cm³/mol. The van der Waals surface area contributed by atoms with Gasteiger partial charge in [-0.1, -0.05) is 23.2 Å². The minimum atomic E-state index is -0.404. The van der Waals surface area contributed by atoms with Crippen molar-refractivity contribution in [1.29, 1.82) is 0 Å². The molecule has 0 saturated carbocycles. The minimum absolute atomic E-state index is 0.278. The summed E-state index contributed by atoms with van der Waals surface area (Å²) in [5, 5.41) is 1.77. The van der Waals surface area contributed by atoms with Gasteiger partial charge in [0.2, 0.25) is 0 Å². The highest BCUT2D eigenvalue weighted by Gasteiger charge is 2.22. The summed E-state index contributed by atoms with van der Waals surface area (Å²) in [7, 11) is 0. The fourth-order valence-corrected chi connectivity index (χ4v) is 4.51. The van der Waals surface area contributed by atoms with Gasteiger partial charge in [-0.05, 0) is 43.0 Å². The summed E-state index contributed by atoms with van der Waals surface area (Å²) >= 11 is 13.9. The van der Waals surface area contributed by atoms with Crippen molar-refractivity contribution in [3.63, 3.8) is 0 Å². The molecule has 0 unspecified atom stereocenters. The van der Waals surface area contributed by atoms with E-state index < -0.39 is 5.82 Å². The Hall–Kier alpha value is -1.23. The molecule has 2 aromatic heterocycles. The van der Waals surface area contributed by atoms with Gasteiger partial charge in [0.25, 0.3) is 0 Å². The first-order chi connectivity index (χ1) is 10.1. The highest BCUT2D eigenvalue weighted by atomic mass is 35.5.